The van der Waals surface area contributed by atoms with E-state index in [1.54, 1.807) is 0 Å². The maximum absolute atomic E-state index is 11.4. The molecule has 14 heavy (non-hydrogen) atoms. The van der Waals surface area contributed by atoms with Crippen LogP contribution in [0.2, 0.25) is 0 Å². The van der Waals surface area contributed by atoms with Crippen LogP contribution < -0.4 is 15.6 Å². The van der Waals surface area contributed by atoms with Crippen LogP contribution in [-0.2, 0) is 0 Å². The Bertz CT molecular complexity index is 379. The molecule has 0 unspecified atom stereocenters. The monoisotopic (exact) mass is 212 g/mol. The second-order valence-corrected chi connectivity index (χ2v) is 3.73. The van der Waals surface area contributed by atoms with Crippen LogP contribution in [0.3, 0.4) is 0 Å². The minimum atomic E-state index is -0.0104. The molecule has 0 amide bonds. The van der Waals surface area contributed by atoms with Gasteiger partial charge in [-0.15, -0.1) is 0 Å². The average molecular weight is 212 g/mol. The minimum absolute atomic E-state index is 0.0104. The maximum Gasteiger partial charge on any atom is 0.223 e. The van der Waals surface area contributed by atoms with Crippen LogP contribution >= 0.6 is 12.2 Å². The Hall–Kier alpha value is -0.900. The van der Waals surface area contributed by atoms with E-state index in [2.05, 4.69) is 12.2 Å². The van der Waals surface area contributed by atoms with Crippen molar-refractivity contribution in [3.63, 3.8) is 0 Å². The van der Waals surface area contributed by atoms with Crippen molar-refractivity contribution in [1.29, 1.82) is 0 Å². The van der Waals surface area contributed by atoms with Crippen molar-refractivity contribution in [1.82, 2.24) is 0 Å². The maximum atomic E-state index is 11.4. The fraction of sp³-hybridized carbons (Fsp3) is 0.600. The minimum Gasteiger partial charge on any atom is -0.380 e. The SMILES string of the molecule is CCCNc1c(N(C)CC)c(=S)c1=O. The Morgan fingerprint density at radius 2 is 2.07 bits per heavy atom. The Kier molecular flexibility index (Phi) is 3.63. The summed E-state index contributed by atoms with van der Waals surface area (Å²) in [5.74, 6) is 0. The fourth-order valence-corrected chi connectivity index (χ4v) is 1.68. The Morgan fingerprint density at radius 1 is 1.43 bits per heavy atom. The van der Waals surface area contributed by atoms with Gasteiger partial charge in [0.05, 0.1) is 5.69 Å². The lowest BCUT2D eigenvalue weighted by Crippen LogP contribution is -2.28. The molecule has 1 aromatic rings. The molecule has 0 bridgehead atoms. The molecule has 1 N–H and O–H groups in total. The van der Waals surface area contributed by atoms with Gasteiger partial charge in [-0.2, -0.15) is 0 Å². The molecule has 0 aliphatic rings. The molecule has 1 aromatic carbocycles. The standard InChI is InChI=1S/C10H16N2OS/c1-4-6-11-7-8(12(3)5-2)10(14)9(7)13/h11H,4-6H2,1-3H3. The van der Waals surface area contributed by atoms with Crippen LogP contribution in [-0.4, -0.2) is 20.1 Å². The third kappa shape index (κ3) is 1.80. The largest absolute Gasteiger partial charge is 0.380 e. The predicted molar refractivity (Wildman–Crippen MR) is 63.6 cm³/mol. The third-order valence-corrected chi connectivity index (χ3v) is 2.67. The molecular formula is C10H16N2OS. The van der Waals surface area contributed by atoms with Crippen molar-refractivity contribution in [2.45, 2.75) is 20.3 Å². The summed E-state index contributed by atoms with van der Waals surface area (Å²) in [6, 6.07) is 0. The van der Waals surface area contributed by atoms with E-state index in [1.807, 2.05) is 18.9 Å². The van der Waals surface area contributed by atoms with Gasteiger partial charge < -0.3 is 10.2 Å². The number of nitrogens with zero attached hydrogens (tertiary/aromatic N) is 1. The molecule has 0 atom stereocenters. The summed E-state index contributed by atoms with van der Waals surface area (Å²) >= 11 is 5.01. The molecule has 0 saturated carbocycles. The summed E-state index contributed by atoms with van der Waals surface area (Å²) < 4.78 is 0.466. The van der Waals surface area contributed by atoms with Gasteiger partial charge in [-0.25, -0.2) is 0 Å². The Labute approximate surface area is 89.4 Å². The highest BCUT2D eigenvalue weighted by Crippen LogP contribution is 2.26. The van der Waals surface area contributed by atoms with Crippen molar-refractivity contribution >= 4 is 23.6 Å². The first kappa shape index (κ1) is 11.2. The smallest absolute Gasteiger partial charge is 0.223 e. The fourth-order valence-electron chi connectivity index (χ4n) is 1.32. The van der Waals surface area contributed by atoms with Gasteiger partial charge >= 0.3 is 0 Å². The molecule has 0 aromatic heterocycles. The van der Waals surface area contributed by atoms with Crippen molar-refractivity contribution in [2.75, 3.05) is 30.4 Å². The normalized spacial score (nSPS) is 10.5. The first-order chi connectivity index (χ1) is 6.63. The van der Waals surface area contributed by atoms with E-state index in [1.165, 1.54) is 0 Å². The number of hydrogen-bond donors (Lipinski definition) is 1. The van der Waals surface area contributed by atoms with Gasteiger partial charge in [-0.3, -0.25) is 4.79 Å². The van der Waals surface area contributed by atoms with Crippen molar-refractivity contribution < 1.29 is 0 Å². The van der Waals surface area contributed by atoms with E-state index >= 15 is 0 Å². The van der Waals surface area contributed by atoms with Crippen molar-refractivity contribution in [3.05, 3.63) is 14.7 Å². The van der Waals surface area contributed by atoms with Crippen LogP contribution in [0.15, 0.2) is 4.79 Å². The zero-order valence-corrected chi connectivity index (χ0v) is 9.70. The summed E-state index contributed by atoms with van der Waals surface area (Å²) in [6.07, 6.45) is 1.01. The highest BCUT2D eigenvalue weighted by Gasteiger charge is 2.19. The van der Waals surface area contributed by atoms with Gasteiger partial charge in [0.25, 0.3) is 0 Å². The van der Waals surface area contributed by atoms with Crippen molar-refractivity contribution in [2.24, 2.45) is 0 Å². The zero-order chi connectivity index (χ0) is 10.7. The van der Waals surface area contributed by atoms with Crippen LogP contribution in [0.4, 0.5) is 11.4 Å². The first-order valence-electron chi connectivity index (χ1n) is 4.91. The molecule has 4 heteroatoms. The molecule has 0 aliphatic carbocycles. The van der Waals surface area contributed by atoms with Gasteiger partial charge in [0.2, 0.25) is 5.43 Å². The van der Waals surface area contributed by atoms with Crippen LogP contribution in [0, 0.1) is 4.51 Å². The van der Waals surface area contributed by atoms with Gasteiger partial charge in [0.15, 0.2) is 0 Å². The van der Waals surface area contributed by atoms with E-state index in [4.69, 9.17) is 12.2 Å². The third-order valence-electron chi connectivity index (χ3n) is 2.29. The second-order valence-electron chi connectivity index (χ2n) is 3.32. The van der Waals surface area contributed by atoms with E-state index < -0.39 is 0 Å². The van der Waals surface area contributed by atoms with Gasteiger partial charge in [0.1, 0.15) is 10.2 Å². The van der Waals surface area contributed by atoms with Gasteiger partial charge in [-0.1, -0.05) is 19.1 Å². The molecule has 0 saturated heterocycles. The molecule has 0 aliphatic heterocycles. The lowest BCUT2D eigenvalue weighted by Gasteiger charge is -2.23. The highest BCUT2D eigenvalue weighted by molar-refractivity contribution is 7.71. The summed E-state index contributed by atoms with van der Waals surface area (Å²) in [7, 11) is 1.95. The van der Waals surface area contributed by atoms with Crippen LogP contribution in [0.5, 0.6) is 0 Å². The quantitative estimate of drug-likeness (QED) is 0.756. The molecule has 1 rings (SSSR count). The van der Waals surface area contributed by atoms with Gasteiger partial charge in [-0.05, 0) is 13.3 Å². The number of hydrogen-bond acceptors (Lipinski definition) is 4. The number of nitrogens with one attached hydrogen (secondary N) is 1. The predicted octanol–water partition coefficient (Wildman–Crippen LogP) is 1.93. The summed E-state index contributed by atoms with van der Waals surface area (Å²) in [4.78, 5) is 13.4. The topological polar surface area (TPSA) is 32.3 Å². The molecule has 3 nitrogen and oxygen atoms in total. The first-order valence-corrected chi connectivity index (χ1v) is 5.32. The highest BCUT2D eigenvalue weighted by atomic mass is 32.1. The zero-order valence-electron chi connectivity index (χ0n) is 8.89. The molecule has 0 radical (unpaired) electrons. The average Bonchev–Trinajstić information content (AvgIpc) is 2.21. The molecule has 0 heterocycles. The lowest BCUT2D eigenvalue weighted by atomic mass is 10.2. The van der Waals surface area contributed by atoms with E-state index in [0.29, 0.717) is 10.2 Å². The second kappa shape index (κ2) is 4.55. The summed E-state index contributed by atoms with van der Waals surface area (Å²) in [5.41, 5.74) is 1.59. The van der Waals surface area contributed by atoms with E-state index in [0.717, 1.165) is 25.2 Å². The molecule has 0 fully saturated rings. The van der Waals surface area contributed by atoms with E-state index in [9.17, 15) is 4.79 Å². The molecule has 78 valence electrons. The van der Waals surface area contributed by atoms with Gasteiger partial charge in [0, 0.05) is 20.1 Å². The molecule has 0 spiro atoms. The van der Waals surface area contributed by atoms with Crippen LogP contribution in [0.1, 0.15) is 20.3 Å². The van der Waals surface area contributed by atoms with Crippen LogP contribution in [0.25, 0.3) is 0 Å². The Balaban J connectivity index is 2.89. The summed E-state index contributed by atoms with van der Waals surface area (Å²) in [5, 5.41) is 3.12. The molecular weight excluding hydrogens is 196 g/mol. The Morgan fingerprint density at radius 3 is 2.57 bits per heavy atom. The number of anilines is 2. The van der Waals surface area contributed by atoms with Crippen molar-refractivity contribution in [3.8, 4) is 0 Å². The lowest BCUT2D eigenvalue weighted by molar-refractivity contribution is 0.938. The van der Waals surface area contributed by atoms with E-state index in [-0.39, 0.29) is 5.43 Å². The summed E-state index contributed by atoms with van der Waals surface area (Å²) in [6.45, 7) is 5.79. The number of rotatable bonds is 5.